The lowest BCUT2D eigenvalue weighted by Gasteiger charge is -2.37. The summed E-state index contributed by atoms with van der Waals surface area (Å²) >= 11 is 0. The molecule has 0 bridgehead atoms. The summed E-state index contributed by atoms with van der Waals surface area (Å²) in [6, 6.07) is 4.00. The van der Waals surface area contributed by atoms with Crippen molar-refractivity contribution in [3.8, 4) is 5.75 Å². The Bertz CT molecular complexity index is 687. The van der Waals surface area contributed by atoms with E-state index in [1.165, 1.54) is 0 Å². The van der Waals surface area contributed by atoms with Crippen LogP contribution in [-0.2, 0) is 12.1 Å². The van der Waals surface area contributed by atoms with Crippen LogP contribution in [0, 0.1) is 0 Å². The van der Waals surface area contributed by atoms with E-state index in [1.54, 1.807) is 18.0 Å². The number of hydrogen-bond donors (Lipinski definition) is 1. The Morgan fingerprint density at radius 2 is 2.25 bits per heavy atom. The summed E-state index contributed by atoms with van der Waals surface area (Å²) in [5.41, 5.74) is 0.633. The molecule has 1 aliphatic heterocycles. The Morgan fingerprint density at radius 1 is 1.42 bits per heavy atom. The fourth-order valence-electron chi connectivity index (χ4n) is 3.11. The minimum atomic E-state index is -0.954. The van der Waals surface area contributed by atoms with Gasteiger partial charge in [-0.15, -0.1) is 5.10 Å². The molecule has 2 aromatic heterocycles. The number of hydrogen-bond acceptors (Lipinski definition) is 6. The Kier molecular flexibility index (Phi) is 4.82. The van der Waals surface area contributed by atoms with Crippen LogP contribution in [0.5, 0.6) is 5.75 Å². The predicted octanol–water partition coefficient (Wildman–Crippen LogP) is 1.75. The van der Waals surface area contributed by atoms with Crippen LogP contribution in [0.2, 0.25) is 0 Å². The normalized spacial score (nSPS) is 22.0. The summed E-state index contributed by atoms with van der Waals surface area (Å²) < 4.78 is 7.04. The molecule has 0 amide bonds. The molecular weight excluding hydrogens is 306 g/mol. The van der Waals surface area contributed by atoms with Crippen LogP contribution in [0.4, 0.5) is 0 Å². The van der Waals surface area contributed by atoms with E-state index in [9.17, 15) is 5.11 Å². The van der Waals surface area contributed by atoms with E-state index in [0.717, 1.165) is 24.4 Å². The molecule has 0 spiro atoms. The standard InChI is InChI=1S/C17H25N5O2/c1-13(2)22-11-16(19-20-22)17(23)6-4-8-21(12-17)10-14-9-15(24-3)5-7-18-14/h5,7,9,11,13,23H,4,6,8,10,12H2,1-3H3/t17-/m0/s1. The molecule has 7 nitrogen and oxygen atoms in total. The minimum absolute atomic E-state index is 0.232. The first kappa shape index (κ1) is 16.9. The Labute approximate surface area is 142 Å². The molecule has 1 aliphatic rings. The molecule has 7 heteroatoms. The second kappa shape index (κ2) is 6.86. The number of piperidine rings is 1. The van der Waals surface area contributed by atoms with Crippen molar-refractivity contribution >= 4 is 0 Å². The molecule has 0 radical (unpaired) electrons. The second-order valence-corrected chi connectivity index (χ2v) is 6.71. The van der Waals surface area contributed by atoms with Gasteiger partial charge in [-0.2, -0.15) is 0 Å². The average Bonchev–Trinajstić information content (AvgIpc) is 3.06. The molecule has 0 aromatic carbocycles. The maximum atomic E-state index is 11.1. The molecule has 24 heavy (non-hydrogen) atoms. The van der Waals surface area contributed by atoms with Crippen molar-refractivity contribution in [1.29, 1.82) is 0 Å². The maximum Gasteiger partial charge on any atom is 0.123 e. The van der Waals surface area contributed by atoms with Gasteiger partial charge in [-0.25, -0.2) is 4.68 Å². The summed E-state index contributed by atoms with van der Waals surface area (Å²) in [6.07, 6.45) is 5.22. The van der Waals surface area contributed by atoms with Crippen LogP contribution >= 0.6 is 0 Å². The van der Waals surface area contributed by atoms with Crippen molar-refractivity contribution < 1.29 is 9.84 Å². The van der Waals surface area contributed by atoms with Gasteiger partial charge < -0.3 is 9.84 Å². The number of aromatic nitrogens is 4. The van der Waals surface area contributed by atoms with E-state index >= 15 is 0 Å². The largest absolute Gasteiger partial charge is 0.497 e. The van der Waals surface area contributed by atoms with Gasteiger partial charge >= 0.3 is 0 Å². The highest BCUT2D eigenvalue weighted by Crippen LogP contribution is 2.31. The topological polar surface area (TPSA) is 76.3 Å². The first-order valence-electron chi connectivity index (χ1n) is 8.36. The number of methoxy groups -OCH3 is 1. The molecule has 2 aromatic rings. The molecule has 0 saturated carbocycles. The lowest BCUT2D eigenvalue weighted by Crippen LogP contribution is -2.46. The van der Waals surface area contributed by atoms with E-state index in [1.807, 2.05) is 32.2 Å². The van der Waals surface area contributed by atoms with Crippen molar-refractivity contribution in [2.75, 3.05) is 20.2 Å². The number of aliphatic hydroxyl groups is 1. The summed E-state index contributed by atoms with van der Waals surface area (Å²) in [5, 5.41) is 19.4. The van der Waals surface area contributed by atoms with Gasteiger partial charge in [0.15, 0.2) is 0 Å². The highest BCUT2D eigenvalue weighted by molar-refractivity contribution is 5.22. The molecule has 3 rings (SSSR count). The van der Waals surface area contributed by atoms with Gasteiger partial charge in [-0.1, -0.05) is 5.21 Å². The Morgan fingerprint density at radius 3 is 2.96 bits per heavy atom. The van der Waals surface area contributed by atoms with Crippen molar-refractivity contribution in [2.24, 2.45) is 0 Å². The Hall–Kier alpha value is -1.99. The summed E-state index contributed by atoms with van der Waals surface area (Å²) in [7, 11) is 1.65. The van der Waals surface area contributed by atoms with Crippen LogP contribution in [0.1, 0.15) is 44.1 Å². The molecule has 130 valence electrons. The van der Waals surface area contributed by atoms with Crippen molar-refractivity contribution in [2.45, 2.75) is 44.9 Å². The maximum absolute atomic E-state index is 11.1. The van der Waals surface area contributed by atoms with E-state index in [2.05, 4.69) is 20.2 Å². The van der Waals surface area contributed by atoms with Crippen LogP contribution in [0.15, 0.2) is 24.5 Å². The van der Waals surface area contributed by atoms with Gasteiger partial charge in [-0.05, 0) is 39.3 Å². The van der Waals surface area contributed by atoms with Gasteiger partial charge in [0.25, 0.3) is 0 Å². The average molecular weight is 331 g/mol. The zero-order chi connectivity index (χ0) is 17.2. The fraction of sp³-hybridized carbons (Fsp3) is 0.588. The third kappa shape index (κ3) is 3.57. The Balaban J connectivity index is 1.72. The molecule has 1 N–H and O–H groups in total. The van der Waals surface area contributed by atoms with E-state index in [4.69, 9.17) is 4.74 Å². The molecule has 3 heterocycles. The van der Waals surface area contributed by atoms with Gasteiger partial charge in [0.2, 0.25) is 0 Å². The van der Waals surface area contributed by atoms with Crippen molar-refractivity contribution in [3.63, 3.8) is 0 Å². The van der Waals surface area contributed by atoms with Crippen molar-refractivity contribution in [3.05, 3.63) is 35.9 Å². The van der Waals surface area contributed by atoms with E-state index in [-0.39, 0.29) is 6.04 Å². The molecule has 1 saturated heterocycles. The fourth-order valence-corrected chi connectivity index (χ4v) is 3.11. The zero-order valence-electron chi connectivity index (χ0n) is 14.5. The minimum Gasteiger partial charge on any atom is -0.497 e. The molecular formula is C17H25N5O2. The number of ether oxygens (including phenoxy) is 1. The number of pyridine rings is 1. The summed E-state index contributed by atoms with van der Waals surface area (Å²) in [4.78, 5) is 6.60. The number of β-amino-alcohol motifs (C(OH)–C–C–N with tert-alkyl or cyclic N) is 1. The molecule has 1 fully saturated rings. The highest BCUT2D eigenvalue weighted by Gasteiger charge is 2.37. The quantitative estimate of drug-likeness (QED) is 0.899. The van der Waals surface area contributed by atoms with Gasteiger partial charge in [0.1, 0.15) is 17.0 Å². The summed E-state index contributed by atoms with van der Waals surface area (Å²) in [6.45, 7) is 6.23. The summed E-state index contributed by atoms with van der Waals surface area (Å²) in [5.74, 6) is 0.798. The lowest BCUT2D eigenvalue weighted by molar-refractivity contribution is -0.0417. The van der Waals surface area contributed by atoms with Gasteiger partial charge in [0, 0.05) is 31.4 Å². The third-order valence-electron chi connectivity index (χ3n) is 4.48. The molecule has 1 atom stereocenters. The number of likely N-dealkylation sites (tertiary alicyclic amines) is 1. The highest BCUT2D eigenvalue weighted by atomic mass is 16.5. The van der Waals surface area contributed by atoms with Crippen LogP contribution in [0.3, 0.4) is 0 Å². The second-order valence-electron chi connectivity index (χ2n) is 6.71. The molecule has 0 unspecified atom stereocenters. The van der Waals surface area contributed by atoms with Crippen molar-refractivity contribution in [1.82, 2.24) is 24.9 Å². The van der Waals surface area contributed by atoms with Crippen LogP contribution in [0.25, 0.3) is 0 Å². The lowest BCUT2D eigenvalue weighted by atomic mass is 9.90. The third-order valence-corrected chi connectivity index (χ3v) is 4.48. The smallest absolute Gasteiger partial charge is 0.123 e. The van der Waals surface area contributed by atoms with Gasteiger partial charge in [-0.3, -0.25) is 9.88 Å². The van der Waals surface area contributed by atoms with E-state index in [0.29, 0.717) is 25.2 Å². The van der Waals surface area contributed by atoms with Gasteiger partial charge in [0.05, 0.1) is 19.0 Å². The number of rotatable bonds is 5. The molecule has 0 aliphatic carbocycles. The SMILES string of the molecule is COc1ccnc(CN2CCC[C@@](O)(c3cn(C(C)C)nn3)C2)c1. The zero-order valence-corrected chi connectivity index (χ0v) is 14.5. The first-order valence-corrected chi connectivity index (χ1v) is 8.36. The van der Waals surface area contributed by atoms with Crippen LogP contribution in [-0.4, -0.2) is 50.2 Å². The van der Waals surface area contributed by atoms with Crippen LogP contribution < -0.4 is 4.74 Å². The monoisotopic (exact) mass is 331 g/mol. The number of nitrogens with zero attached hydrogens (tertiary/aromatic N) is 5. The first-order chi connectivity index (χ1) is 11.5. The van der Waals surface area contributed by atoms with E-state index < -0.39 is 5.60 Å². The predicted molar refractivity (Wildman–Crippen MR) is 89.6 cm³/mol.